The molecule has 0 spiro atoms. The van der Waals surface area contributed by atoms with Gasteiger partial charge in [0.25, 0.3) is 7.82 Å². The molecule has 1 unspecified atom stereocenters. The van der Waals surface area contributed by atoms with Crippen LogP contribution in [0.4, 0.5) is 5.82 Å². The van der Waals surface area contributed by atoms with E-state index in [1.165, 1.54) is 32.6 Å². The molecule has 26 heteroatoms. The zero-order valence-electron chi connectivity index (χ0n) is 38.3. The van der Waals surface area contributed by atoms with Crippen LogP contribution in [-0.4, -0.2) is 127 Å². The normalized spacial score (nSPS) is 22.8. The topological polar surface area (TPSA) is 303 Å². The van der Waals surface area contributed by atoms with Crippen LogP contribution in [0.5, 0.6) is 0 Å². The number of ether oxygens (including phenoxy) is 6. The molecule has 2 aliphatic rings. The SMILES string of the molecule is C=CCOP(=O)(OCC=C)[C@H](OP(=O)([O-])OC[C@H]1O[C@@H](n2ccc(NC(C)=O)nc2=O)[C@H](OC(C)=O)[C@@H]1OC(C)=O)C1=C[C@@H](OC(C)=O)[C@H](OC(C)=O)[C@H](OC(C)=O)C1.CC[NH+](CC)CC. The zero-order chi connectivity index (χ0) is 49.9. The second-order valence-corrected chi connectivity index (χ2v) is 17.8. The van der Waals surface area contributed by atoms with E-state index in [0.717, 1.165) is 63.6 Å². The number of nitrogens with one attached hydrogen (secondary N) is 2. The fraction of sp³-hybridized carbons (Fsp3) is 0.600. The number of esters is 5. The van der Waals surface area contributed by atoms with Gasteiger partial charge in [-0.15, -0.1) is 13.2 Å². The Labute approximate surface area is 382 Å². The maximum Gasteiger partial charge on any atom is 0.364 e. The van der Waals surface area contributed by atoms with Crippen molar-refractivity contribution in [2.24, 2.45) is 0 Å². The fourth-order valence-corrected chi connectivity index (χ4v) is 9.67. The molecule has 24 nitrogen and oxygen atoms in total. The van der Waals surface area contributed by atoms with Crippen LogP contribution in [0.2, 0.25) is 0 Å². The molecule has 1 fully saturated rings. The number of carbonyl (C=O) groups excluding carboxylic acids is 6. The van der Waals surface area contributed by atoms with E-state index in [4.69, 9.17) is 46.5 Å². The highest BCUT2D eigenvalue weighted by Gasteiger charge is 2.52. The molecule has 1 aromatic heterocycles. The first-order valence-electron chi connectivity index (χ1n) is 20.6. The van der Waals surface area contributed by atoms with Gasteiger partial charge in [0.2, 0.25) is 5.91 Å². The van der Waals surface area contributed by atoms with Gasteiger partial charge in [-0.3, -0.25) is 47.0 Å². The largest absolute Gasteiger partial charge is 0.756 e. The minimum Gasteiger partial charge on any atom is -0.756 e. The van der Waals surface area contributed by atoms with Gasteiger partial charge in [0.05, 0.1) is 39.5 Å². The van der Waals surface area contributed by atoms with E-state index in [1.807, 2.05) is 0 Å². The molecule has 0 radical (unpaired) electrons. The molecule has 9 atom stereocenters. The van der Waals surface area contributed by atoms with Crippen molar-refractivity contribution >= 4 is 57.0 Å². The Hall–Kier alpha value is -4.90. The van der Waals surface area contributed by atoms with Crippen LogP contribution in [0.15, 0.2) is 54.0 Å². The summed E-state index contributed by atoms with van der Waals surface area (Å²) in [5.41, 5.74) is -1.35. The van der Waals surface area contributed by atoms with Crippen molar-refractivity contribution in [3.8, 4) is 0 Å². The van der Waals surface area contributed by atoms with Crippen LogP contribution < -0.4 is 20.8 Å². The van der Waals surface area contributed by atoms with Gasteiger partial charge < -0.3 is 57.1 Å². The smallest absolute Gasteiger partial charge is 0.364 e. The quantitative estimate of drug-likeness (QED) is 0.0678. The number of hydrogen-bond donors (Lipinski definition) is 2. The summed E-state index contributed by atoms with van der Waals surface area (Å²) in [4.78, 5) is 104. The molecule has 1 aliphatic carbocycles. The van der Waals surface area contributed by atoms with Gasteiger partial charge in [0.15, 0.2) is 36.5 Å². The third-order valence-corrected chi connectivity index (χ3v) is 12.3. The summed E-state index contributed by atoms with van der Waals surface area (Å²) >= 11 is 0. The lowest BCUT2D eigenvalue weighted by Gasteiger charge is -2.39. The van der Waals surface area contributed by atoms with Gasteiger partial charge in [-0.1, -0.05) is 12.2 Å². The van der Waals surface area contributed by atoms with Crippen molar-refractivity contribution in [3.05, 3.63) is 59.7 Å². The van der Waals surface area contributed by atoms with Crippen molar-refractivity contribution in [1.29, 1.82) is 0 Å². The van der Waals surface area contributed by atoms with Gasteiger partial charge >= 0.3 is 43.1 Å². The number of phosphoric ester groups is 1. The number of hydrogen-bond acceptors (Lipinski definition) is 21. The molecule has 370 valence electrons. The lowest BCUT2D eigenvalue weighted by atomic mass is 9.91. The second kappa shape index (κ2) is 27.0. The minimum absolute atomic E-state index is 0.143. The summed E-state index contributed by atoms with van der Waals surface area (Å²) < 4.78 is 83.1. The number of rotatable bonds is 23. The van der Waals surface area contributed by atoms with Gasteiger partial charge in [-0.2, -0.15) is 4.98 Å². The molecule has 0 bridgehead atoms. The molecule has 1 saturated heterocycles. The van der Waals surface area contributed by atoms with Crippen molar-refractivity contribution < 1.29 is 94.2 Å². The maximum absolute atomic E-state index is 14.5. The van der Waals surface area contributed by atoms with Crippen LogP contribution in [-0.2, 0) is 84.4 Å². The molecule has 3 rings (SSSR count). The Balaban J connectivity index is 0.00000197. The average Bonchev–Trinajstić information content (AvgIpc) is 3.53. The van der Waals surface area contributed by atoms with Crippen molar-refractivity contribution in [3.63, 3.8) is 0 Å². The highest BCUT2D eigenvalue weighted by Crippen LogP contribution is 2.61. The van der Waals surface area contributed by atoms with E-state index < -0.39 is 132 Å². The van der Waals surface area contributed by atoms with Gasteiger partial charge in [0.1, 0.15) is 18.0 Å². The fourth-order valence-electron chi connectivity index (χ4n) is 6.52. The minimum atomic E-state index is -5.82. The second-order valence-electron chi connectivity index (χ2n) is 14.4. The van der Waals surface area contributed by atoms with E-state index >= 15 is 0 Å². The maximum atomic E-state index is 14.5. The molecule has 1 aromatic rings. The predicted molar refractivity (Wildman–Crippen MR) is 228 cm³/mol. The average molecular weight is 979 g/mol. The summed E-state index contributed by atoms with van der Waals surface area (Å²) in [6.07, 6.45) is -7.12. The van der Waals surface area contributed by atoms with Crippen LogP contribution in [0, 0.1) is 0 Å². The first kappa shape index (κ1) is 57.2. The van der Waals surface area contributed by atoms with Crippen LogP contribution in [0.25, 0.3) is 0 Å². The Morgan fingerprint density at radius 3 is 1.80 bits per heavy atom. The monoisotopic (exact) mass is 978 g/mol. The summed E-state index contributed by atoms with van der Waals surface area (Å²) in [5, 5.41) is 2.32. The van der Waals surface area contributed by atoms with E-state index in [2.05, 4.69) is 44.2 Å². The third-order valence-electron chi connectivity index (χ3n) is 9.20. The van der Waals surface area contributed by atoms with Gasteiger partial charge in [0, 0.05) is 54.2 Å². The molecule has 2 heterocycles. The Morgan fingerprint density at radius 1 is 0.833 bits per heavy atom. The predicted octanol–water partition coefficient (Wildman–Crippen LogP) is 1.44. The molecule has 0 saturated carbocycles. The van der Waals surface area contributed by atoms with Crippen molar-refractivity contribution in [2.75, 3.05) is 44.8 Å². The molecule has 0 aromatic carbocycles. The number of aromatic nitrogens is 2. The Bertz CT molecular complexity index is 2050. The van der Waals surface area contributed by atoms with Gasteiger partial charge in [-0.25, -0.2) is 4.79 Å². The first-order chi connectivity index (χ1) is 30.9. The highest BCUT2D eigenvalue weighted by molar-refractivity contribution is 7.55. The number of carbonyl (C=O) groups is 6. The van der Waals surface area contributed by atoms with Crippen LogP contribution in [0.1, 0.15) is 75.0 Å². The van der Waals surface area contributed by atoms with E-state index in [-0.39, 0.29) is 11.4 Å². The molecule has 1 amide bonds. The van der Waals surface area contributed by atoms with Crippen molar-refractivity contribution in [1.82, 2.24) is 9.55 Å². The number of amides is 1. The summed E-state index contributed by atoms with van der Waals surface area (Å²) in [7, 11) is -10.7. The summed E-state index contributed by atoms with van der Waals surface area (Å²) in [6.45, 7) is 21.6. The molecule has 66 heavy (non-hydrogen) atoms. The van der Waals surface area contributed by atoms with E-state index in [9.17, 15) is 47.6 Å². The van der Waals surface area contributed by atoms with Crippen LogP contribution >= 0.6 is 15.4 Å². The molecular weight excluding hydrogens is 918 g/mol. The number of phosphoric acid groups is 1. The highest BCUT2D eigenvalue weighted by atomic mass is 31.2. The number of anilines is 1. The molecule has 1 aliphatic heterocycles. The van der Waals surface area contributed by atoms with Crippen molar-refractivity contribution in [2.45, 2.75) is 117 Å². The Kier molecular flexibility index (Phi) is 23.5. The third kappa shape index (κ3) is 18.1. The molecular formula is C40H60N4O20P2. The number of quaternary nitrogens is 1. The zero-order valence-corrected chi connectivity index (χ0v) is 40.1. The lowest BCUT2D eigenvalue weighted by Crippen LogP contribution is -3.11. The first-order valence-corrected chi connectivity index (χ1v) is 23.7. The van der Waals surface area contributed by atoms with Gasteiger partial charge in [-0.05, 0) is 38.5 Å². The number of nitrogens with zero attached hydrogens (tertiary/aromatic N) is 2. The standard InChI is InChI=1S/C34H45N3O20P2.C6H15N/c1-9-13-48-58(45,49-14-10-2)33(24-15-25(51-19(4)39)29(53-21(6)41)26(16-24)52-20(5)40)57-59(46,47)50-17-27-30(54-22(7)42)31(55-23(8)43)32(56-27)37-12-11-28(35-18(3)38)36-34(37)44;1-4-7(5-2)6-3/h9-12,15,25-27,29-33H,1-2,13-14,16-17H2,3-8H3,(H,46,47)(H,35,36,38,44);4-6H2,1-3H3/t25-,26-,27-,29+,30-,31-,32-,33+;/m1./s1. The summed E-state index contributed by atoms with van der Waals surface area (Å²) in [6, 6.07) is 1.20. The lowest BCUT2D eigenvalue weighted by molar-refractivity contribution is -0.894. The molecule has 2 N–H and O–H groups in total. The van der Waals surface area contributed by atoms with E-state index in [1.54, 1.807) is 4.90 Å². The van der Waals surface area contributed by atoms with Crippen LogP contribution in [0.3, 0.4) is 0 Å². The summed E-state index contributed by atoms with van der Waals surface area (Å²) in [5.74, 6) is -7.54. The van der Waals surface area contributed by atoms with E-state index in [0.29, 0.717) is 0 Å². The Morgan fingerprint density at radius 2 is 1.35 bits per heavy atom.